The highest BCUT2D eigenvalue weighted by molar-refractivity contribution is 9.11. The van der Waals surface area contributed by atoms with Crippen LogP contribution in [0.3, 0.4) is 0 Å². The van der Waals surface area contributed by atoms with E-state index in [-0.39, 0.29) is 24.9 Å². The number of halogens is 3. The number of carbonyl (C=O) groups is 1. The van der Waals surface area contributed by atoms with Crippen LogP contribution in [0.2, 0.25) is 0 Å². The molecular formula is C20H22Br2FNO3. The SMILES string of the molecule is CCC(C)Nc1cc(F)cc(COc2c(Br)cc(CCC(=O)O)cc2Br)c1. The molecular weight excluding hydrogens is 481 g/mol. The molecule has 7 heteroatoms. The van der Waals surface area contributed by atoms with Crippen molar-refractivity contribution in [3.8, 4) is 5.75 Å². The second-order valence-electron chi connectivity index (χ2n) is 6.37. The average Bonchev–Trinajstić information content (AvgIpc) is 2.58. The number of anilines is 1. The number of benzene rings is 2. The first-order valence-electron chi connectivity index (χ1n) is 8.67. The van der Waals surface area contributed by atoms with Crippen LogP contribution in [0.4, 0.5) is 10.1 Å². The second-order valence-corrected chi connectivity index (χ2v) is 8.08. The predicted octanol–water partition coefficient (Wildman–Crippen LogP) is 6.16. The first-order chi connectivity index (χ1) is 12.8. The number of carboxylic acid groups (broad SMARTS) is 1. The highest BCUT2D eigenvalue weighted by Crippen LogP contribution is 2.36. The first-order valence-corrected chi connectivity index (χ1v) is 10.3. The van der Waals surface area contributed by atoms with Gasteiger partial charge < -0.3 is 15.2 Å². The van der Waals surface area contributed by atoms with Crippen molar-refractivity contribution in [3.63, 3.8) is 0 Å². The third-order valence-electron chi connectivity index (χ3n) is 4.05. The molecule has 0 radical (unpaired) electrons. The summed E-state index contributed by atoms with van der Waals surface area (Å²) in [6.45, 7) is 4.32. The van der Waals surface area contributed by atoms with E-state index in [4.69, 9.17) is 9.84 Å². The number of aryl methyl sites for hydroxylation is 1. The van der Waals surface area contributed by atoms with Crippen LogP contribution in [0.15, 0.2) is 39.3 Å². The lowest BCUT2D eigenvalue weighted by Crippen LogP contribution is -2.13. The van der Waals surface area contributed by atoms with Crippen molar-refractivity contribution in [2.45, 2.75) is 45.8 Å². The van der Waals surface area contributed by atoms with Crippen molar-refractivity contribution in [3.05, 3.63) is 56.2 Å². The summed E-state index contributed by atoms with van der Waals surface area (Å²) >= 11 is 6.92. The van der Waals surface area contributed by atoms with E-state index in [2.05, 4.69) is 44.1 Å². The van der Waals surface area contributed by atoms with Crippen molar-refractivity contribution in [2.24, 2.45) is 0 Å². The third-order valence-corrected chi connectivity index (χ3v) is 5.23. The summed E-state index contributed by atoms with van der Waals surface area (Å²) < 4.78 is 21.2. The number of hydrogen-bond acceptors (Lipinski definition) is 3. The third kappa shape index (κ3) is 6.81. The molecule has 0 heterocycles. The molecule has 0 amide bonds. The molecule has 0 fully saturated rings. The zero-order valence-corrected chi connectivity index (χ0v) is 18.4. The van der Waals surface area contributed by atoms with Gasteiger partial charge in [0.15, 0.2) is 0 Å². The van der Waals surface area contributed by atoms with Crippen LogP contribution in [0.25, 0.3) is 0 Å². The molecule has 2 aromatic carbocycles. The van der Waals surface area contributed by atoms with Crippen LogP contribution in [0, 0.1) is 5.82 Å². The molecule has 0 aliphatic heterocycles. The monoisotopic (exact) mass is 501 g/mol. The van der Waals surface area contributed by atoms with Gasteiger partial charge in [0.2, 0.25) is 0 Å². The molecule has 146 valence electrons. The van der Waals surface area contributed by atoms with Gasteiger partial charge in [0.25, 0.3) is 0 Å². The smallest absolute Gasteiger partial charge is 0.303 e. The van der Waals surface area contributed by atoms with E-state index in [1.807, 2.05) is 25.1 Å². The highest BCUT2D eigenvalue weighted by Gasteiger charge is 2.11. The van der Waals surface area contributed by atoms with Gasteiger partial charge in [-0.1, -0.05) is 6.92 Å². The maximum atomic E-state index is 13.9. The molecule has 4 nitrogen and oxygen atoms in total. The van der Waals surface area contributed by atoms with Crippen LogP contribution in [-0.2, 0) is 17.8 Å². The van der Waals surface area contributed by atoms with Gasteiger partial charge in [-0.25, -0.2) is 4.39 Å². The first kappa shape index (κ1) is 21.7. The summed E-state index contributed by atoms with van der Waals surface area (Å²) in [5.74, 6) is -0.561. The van der Waals surface area contributed by atoms with E-state index in [9.17, 15) is 9.18 Å². The lowest BCUT2D eigenvalue weighted by atomic mass is 10.1. The van der Waals surface area contributed by atoms with E-state index in [1.54, 1.807) is 0 Å². The summed E-state index contributed by atoms with van der Waals surface area (Å²) in [5, 5.41) is 12.1. The summed E-state index contributed by atoms with van der Waals surface area (Å²) in [5.41, 5.74) is 2.33. The summed E-state index contributed by atoms with van der Waals surface area (Å²) in [6, 6.07) is 8.72. The van der Waals surface area contributed by atoms with Gasteiger partial charge in [-0.15, -0.1) is 0 Å². The fraction of sp³-hybridized carbons (Fsp3) is 0.350. The van der Waals surface area contributed by atoms with E-state index in [0.717, 1.165) is 23.2 Å². The normalized spacial score (nSPS) is 11.9. The molecule has 0 aliphatic carbocycles. The lowest BCUT2D eigenvalue weighted by Gasteiger charge is -2.15. The number of carboxylic acids is 1. The molecule has 1 unspecified atom stereocenters. The molecule has 0 spiro atoms. The Morgan fingerprint density at radius 1 is 1.19 bits per heavy atom. The van der Waals surface area contributed by atoms with Gasteiger partial charge in [-0.05, 0) is 93.1 Å². The van der Waals surface area contributed by atoms with Crippen LogP contribution in [0.1, 0.15) is 37.8 Å². The lowest BCUT2D eigenvalue weighted by molar-refractivity contribution is -0.136. The maximum Gasteiger partial charge on any atom is 0.303 e. The molecule has 2 aromatic rings. The Morgan fingerprint density at radius 2 is 1.85 bits per heavy atom. The molecule has 2 N–H and O–H groups in total. The van der Waals surface area contributed by atoms with Crippen LogP contribution in [-0.4, -0.2) is 17.1 Å². The zero-order valence-electron chi connectivity index (χ0n) is 15.2. The van der Waals surface area contributed by atoms with Gasteiger partial charge in [-0.2, -0.15) is 0 Å². The number of rotatable bonds is 9. The Labute approximate surface area is 175 Å². The Balaban J connectivity index is 2.11. The van der Waals surface area contributed by atoms with Gasteiger partial charge in [0.05, 0.1) is 8.95 Å². The van der Waals surface area contributed by atoms with Crippen molar-refractivity contribution >= 4 is 43.5 Å². The molecule has 1 atom stereocenters. The molecule has 27 heavy (non-hydrogen) atoms. The summed E-state index contributed by atoms with van der Waals surface area (Å²) in [6.07, 6.45) is 1.44. The summed E-state index contributed by atoms with van der Waals surface area (Å²) in [4.78, 5) is 10.7. The van der Waals surface area contributed by atoms with Crippen molar-refractivity contribution in [1.82, 2.24) is 0 Å². The molecule has 0 aliphatic rings. The largest absolute Gasteiger partial charge is 0.487 e. The molecule has 2 rings (SSSR count). The molecule has 0 aromatic heterocycles. The van der Waals surface area contributed by atoms with Crippen LogP contribution in [0.5, 0.6) is 5.75 Å². The Hall–Kier alpha value is -1.60. The van der Waals surface area contributed by atoms with Crippen molar-refractivity contribution < 1.29 is 19.0 Å². The van der Waals surface area contributed by atoms with Gasteiger partial charge >= 0.3 is 5.97 Å². The number of aliphatic carboxylic acids is 1. The quantitative estimate of drug-likeness (QED) is 0.431. The predicted molar refractivity (Wildman–Crippen MR) is 112 cm³/mol. The minimum Gasteiger partial charge on any atom is -0.487 e. The zero-order chi connectivity index (χ0) is 20.0. The number of hydrogen-bond donors (Lipinski definition) is 2. The fourth-order valence-electron chi connectivity index (χ4n) is 2.51. The van der Waals surface area contributed by atoms with E-state index in [1.165, 1.54) is 12.1 Å². The van der Waals surface area contributed by atoms with Gasteiger partial charge in [-0.3, -0.25) is 4.79 Å². The second kappa shape index (κ2) is 10.1. The fourth-order valence-corrected chi connectivity index (χ4v) is 4.02. The standard InChI is InChI=1S/C20H22Br2FNO3/c1-3-12(2)24-16-7-14(6-15(23)10-16)11-27-20-17(21)8-13(9-18(20)22)4-5-19(25)26/h6-10,12,24H,3-5,11H2,1-2H3,(H,25,26). The highest BCUT2D eigenvalue weighted by atomic mass is 79.9. The number of nitrogens with one attached hydrogen (secondary N) is 1. The minimum atomic E-state index is -0.838. The molecule has 0 saturated carbocycles. The van der Waals surface area contributed by atoms with Gasteiger partial charge in [0.1, 0.15) is 18.2 Å². The van der Waals surface area contributed by atoms with Gasteiger partial charge in [0, 0.05) is 18.2 Å². The topological polar surface area (TPSA) is 58.6 Å². The van der Waals surface area contributed by atoms with Crippen LogP contribution < -0.4 is 10.1 Å². The Morgan fingerprint density at radius 3 is 2.44 bits per heavy atom. The van der Waals surface area contributed by atoms with E-state index >= 15 is 0 Å². The minimum absolute atomic E-state index is 0.0638. The van der Waals surface area contributed by atoms with Crippen LogP contribution >= 0.6 is 31.9 Å². The number of ether oxygens (including phenoxy) is 1. The Kier molecular flexibility index (Phi) is 8.10. The Bertz CT molecular complexity index is 791. The van der Waals surface area contributed by atoms with E-state index in [0.29, 0.717) is 21.1 Å². The van der Waals surface area contributed by atoms with E-state index < -0.39 is 5.97 Å². The summed E-state index contributed by atoms with van der Waals surface area (Å²) in [7, 11) is 0. The molecule has 0 bridgehead atoms. The molecule has 0 saturated heterocycles. The van der Waals surface area contributed by atoms with Crippen molar-refractivity contribution in [1.29, 1.82) is 0 Å². The maximum absolute atomic E-state index is 13.9. The average molecular weight is 503 g/mol. The van der Waals surface area contributed by atoms with Crippen molar-refractivity contribution in [2.75, 3.05) is 5.32 Å².